The number of hydrogen-bond donors (Lipinski definition) is 1. The van der Waals surface area contributed by atoms with Gasteiger partial charge >= 0.3 is 0 Å². The SMILES string of the molecule is COCCC1(CNCCCCc2ccccc2)CC1. The first-order valence-electron chi connectivity index (χ1n) is 7.58. The number of ether oxygens (including phenoxy) is 1. The molecular formula is C17H27NO. The molecule has 0 atom stereocenters. The van der Waals surface area contributed by atoms with E-state index in [2.05, 4.69) is 35.6 Å². The summed E-state index contributed by atoms with van der Waals surface area (Å²) in [7, 11) is 1.80. The van der Waals surface area contributed by atoms with Gasteiger partial charge in [-0.15, -0.1) is 0 Å². The average molecular weight is 261 g/mol. The van der Waals surface area contributed by atoms with Crippen LogP contribution in [0.3, 0.4) is 0 Å². The minimum atomic E-state index is 0.579. The number of aryl methyl sites for hydroxylation is 1. The first-order chi connectivity index (χ1) is 9.35. The van der Waals surface area contributed by atoms with Gasteiger partial charge in [-0.05, 0) is 56.0 Å². The molecule has 1 saturated carbocycles. The number of hydrogen-bond acceptors (Lipinski definition) is 2. The van der Waals surface area contributed by atoms with E-state index in [0.717, 1.165) is 13.2 Å². The molecule has 0 bridgehead atoms. The molecule has 2 nitrogen and oxygen atoms in total. The normalized spacial score (nSPS) is 16.5. The van der Waals surface area contributed by atoms with Crippen molar-refractivity contribution in [2.75, 3.05) is 26.8 Å². The molecular weight excluding hydrogens is 234 g/mol. The van der Waals surface area contributed by atoms with E-state index in [4.69, 9.17) is 4.74 Å². The van der Waals surface area contributed by atoms with Gasteiger partial charge in [-0.1, -0.05) is 30.3 Å². The molecule has 2 heteroatoms. The van der Waals surface area contributed by atoms with Crippen molar-refractivity contribution in [1.29, 1.82) is 0 Å². The van der Waals surface area contributed by atoms with E-state index in [1.165, 1.54) is 50.6 Å². The highest BCUT2D eigenvalue weighted by Crippen LogP contribution is 2.48. The Kier molecular flexibility index (Phi) is 5.87. The van der Waals surface area contributed by atoms with Crippen molar-refractivity contribution in [3.63, 3.8) is 0 Å². The van der Waals surface area contributed by atoms with E-state index < -0.39 is 0 Å². The zero-order valence-corrected chi connectivity index (χ0v) is 12.2. The van der Waals surface area contributed by atoms with Gasteiger partial charge in [-0.25, -0.2) is 0 Å². The highest BCUT2D eigenvalue weighted by atomic mass is 16.5. The lowest BCUT2D eigenvalue weighted by Gasteiger charge is -2.15. The largest absolute Gasteiger partial charge is 0.385 e. The molecule has 0 aromatic heterocycles. The lowest BCUT2D eigenvalue weighted by molar-refractivity contribution is 0.171. The molecule has 1 N–H and O–H groups in total. The van der Waals surface area contributed by atoms with Gasteiger partial charge in [0.25, 0.3) is 0 Å². The number of benzene rings is 1. The Morgan fingerprint density at radius 1 is 1.16 bits per heavy atom. The van der Waals surface area contributed by atoms with Gasteiger partial charge in [0.1, 0.15) is 0 Å². The molecule has 0 saturated heterocycles. The Bertz CT molecular complexity index is 346. The van der Waals surface area contributed by atoms with Crippen LogP contribution in [0, 0.1) is 5.41 Å². The monoisotopic (exact) mass is 261 g/mol. The average Bonchev–Trinajstić information content (AvgIpc) is 3.22. The molecule has 0 amide bonds. The van der Waals surface area contributed by atoms with Crippen molar-refractivity contribution in [2.24, 2.45) is 5.41 Å². The fraction of sp³-hybridized carbons (Fsp3) is 0.647. The van der Waals surface area contributed by atoms with Gasteiger partial charge in [0.2, 0.25) is 0 Å². The van der Waals surface area contributed by atoms with Crippen LogP contribution in [-0.2, 0) is 11.2 Å². The van der Waals surface area contributed by atoms with Crippen molar-refractivity contribution in [2.45, 2.75) is 38.5 Å². The quantitative estimate of drug-likeness (QED) is 0.652. The second-order valence-corrected chi connectivity index (χ2v) is 5.86. The fourth-order valence-corrected chi connectivity index (χ4v) is 2.59. The first kappa shape index (κ1) is 14.5. The van der Waals surface area contributed by atoms with Crippen molar-refractivity contribution in [3.8, 4) is 0 Å². The molecule has 1 aliphatic carbocycles. The Hall–Kier alpha value is -0.860. The summed E-state index contributed by atoms with van der Waals surface area (Å²) in [6, 6.07) is 10.8. The molecule has 19 heavy (non-hydrogen) atoms. The van der Waals surface area contributed by atoms with E-state index in [1.54, 1.807) is 7.11 Å². The molecule has 1 aliphatic rings. The highest BCUT2D eigenvalue weighted by Gasteiger charge is 2.41. The minimum Gasteiger partial charge on any atom is -0.385 e. The van der Waals surface area contributed by atoms with Crippen molar-refractivity contribution in [3.05, 3.63) is 35.9 Å². The Morgan fingerprint density at radius 3 is 2.63 bits per heavy atom. The van der Waals surface area contributed by atoms with Crippen LogP contribution in [-0.4, -0.2) is 26.8 Å². The van der Waals surface area contributed by atoms with Crippen molar-refractivity contribution in [1.82, 2.24) is 5.32 Å². The summed E-state index contributed by atoms with van der Waals surface area (Å²) in [5.74, 6) is 0. The topological polar surface area (TPSA) is 21.3 Å². The smallest absolute Gasteiger partial charge is 0.0468 e. The molecule has 106 valence electrons. The van der Waals surface area contributed by atoms with E-state index in [9.17, 15) is 0 Å². The molecule has 1 aromatic carbocycles. The van der Waals surface area contributed by atoms with Crippen LogP contribution in [0.2, 0.25) is 0 Å². The Balaban J connectivity index is 1.49. The van der Waals surface area contributed by atoms with Crippen LogP contribution in [0.5, 0.6) is 0 Å². The van der Waals surface area contributed by atoms with Crippen LogP contribution in [0.15, 0.2) is 30.3 Å². The predicted octanol–water partition coefficient (Wildman–Crippen LogP) is 3.42. The van der Waals surface area contributed by atoms with Gasteiger partial charge in [0, 0.05) is 20.3 Å². The summed E-state index contributed by atoms with van der Waals surface area (Å²) in [6.07, 6.45) is 7.75. The number of nitrogens with one attached hydrogen (secondary N) is 1. The Labute approximate surface area is 117 Å². The summed E-state index contributed by atoms with van der Waals surface area (Å²) < 4.78 is 5.18. The second kappa shape index (κ2) is 7.66. The van der Waals surface area contributed by atoms with Gasteiger partial charge in [0.15, 0.2) is 0 Å². The molecule has 0 spiro atoms. The fourth-order valence-electron chi connectivity index (χ4n) is 2.59. The van der Waals surface area contributed by atoms with E-state index in [1.807, 2.05) is 0 Å². The minimum absolute atomic E-state index is 0.579. The van der Waals surface area contributed by atoms with Gasteiger partial charge in [-0.3, -0.25) is 0 Å². The van der Waals surface area contributed by atoms with Gasteiger partial charge in [-0.2, -0.15) is 0 Å². The summed E-state index contributed by atoms with van der Waals surface area (Å²) in [4.78, 5) is 0. The lowest BCUT2D eigenvalue weighted by Crippen LogP contribution is -2.26. The lowest BCUT2D eigenvalue weighted by atomic mass is 10.0. The van der Waals surface area contributed by atoms with Gasteiger partial charge in [0.05, 0.1) is 0 Å². The third-order valence-corrected chi connectivity index (χ3v) is 4.21. The maximum atomic E-state index is 5.18. The molecule has 2 rings (SSSR count). The maximum Gasteiger partial charge on any atom is 0.0468 e. The van der Waals surface area contributed by atoms with Crippen LogP contribution < -0.4 is 5.32 Å². The zero-order chi connectivity index (χ0) is 13.4. The second-order valence-electron chi connectivity index (χ2n) is 5.86. The number of unbranched alkanes of at least 4 members (excludes halogenated alkanes) is 1. The van der Waals surface area contributed by atoms with Crippen molar-refractivity contribution < 1.29 is 4.74 Å². The van der Waals surface area contributed by atoms with E-state index in [0.29, 0.717) is 5.41 Å². The van der Waals surface area contributed by atoms with E-state index >= 15 is 0 Å². The summed E-state index contributed by atoms with van der Waals surface area (Å²) >= 11 is 0. The van der Waals surface area contributed by atoms with E-state index in [-0.39, 0.29) is 0 Å². The number of rotatable bonds is 10. The van der Waals surface area contributed by atoms with Crippen LogP contribution in [0.25, 0.3) is 0 Å². The summed E-state index contributed by atoms with van der Waals surface area (Å²) in [5, 5.41) is 3.63. The molecule has 1 aromatic rings. The predicted molar refractivity (Wildman–Crippen MR) is 80.4 cm³/mol. The summed E-state index contributed by atoms with van der Waals surface area (Å²) in [5.41, 5.74) is 2.04. The third-order valence-electron chi connectivity index (χ3n) is 4.21. The maximum absolute atomic E-state index is 5.18. The standard InChI is InChI=1S/C17H27NO/c1-19-14-12-17(10-11-17)15-18-13-6-5-9-16-7-3-2-4-8-16/h2-4,7-8,18H,5-6,9-15H2,1H3. The van der Waals surface area contributed by atoms with Crippen LogP contribution >= 0.6 is 0 Å². The molecule has 0 aliphatic heterocycles. The molecule has 0 radical (unpaired) electrons. The third kappa shape index (κ3) is 5.33. The van der Waals surface area contributed by atoms with Crippen LogP contribution in [0.4, 0.5) is 0 Å². The van der Waals surface area contributed by atoms with Crippen LogP contribution in [0.1, 0.15) is 37.7 Å². The summed E-state index contributed by atoms with van der Waals surface area (Å²) in [6.45, 7) is 3.25. The zero-order valence-electron chi connectivity index (χ0n) is 12.2. The van der Waals surface area contributed by atoms with Crippen molar-refractivity contribution >= 4 is 0 Å². The molecule has 0 unspecified atom stereocenters. The highest BCUT2D eigenvalue weighted by molar-refractivity contribution is 5.14. The van der Waals surface area contributed by atoms with Gasteiger partial charge < -0.3 is 10.1 Å². The molecule has 0 heterocycles. The number of methoxy groups -OCH3 is 1. The Morgan fingerprint density at radius 2 is 1.95 bits per heavy atom. The molecule has 1 fully saturated rings. The first-order valence-corrected chi connectivity index (χ1v) is 7.58.